The summed E-state index contributed by atoms with van der Waals surface area (Å²) >= 11 is 0. The lowest BCUT2D eigenvalue weighted by atomic mass is 9.67. The molecule has 0 bridgehead atoms. The van der Waals surface area contributed by atoms with Gasteiger partial charge in [0.2, 0.25) is 5.82 Å². The number of aliphatic hydroxyl groups excluding tert-OH is 1. The molecule has 2 fully saturated rings. The Morgan fingerprint density at radius 1 is 1.39 bits per heavy atom. The van der Waals surface area contributed by atoms with E-state index in [1.165, 1.54) is 19.2 Å². The molecule has 2 heterocycles. The van der Waals surface area contributed by atoms with Crippen molar-refractivity contribution in [2.24, 2.45) is 17.8 Å². The molecule has 23 heavy (non-hydrogen) atoms. The molecular weight excluding hydrogens is 301 g/mol. The van der Waals surface area contributed by atoms with E-state index in [1.807, 2.05) is 0 Å². The second kappa shape index (κ2) is 5.49. The highest BCUT2D eigenvalue weighted by Gasteiger charge is 2.47. The van der Waals surface area contributed by atoms with E-state index in [1.54, 1.807) is 6.07 Å². The first-order valence-electron chi connectivity index (χ1n) is 7.72. The first-order chi connectivity index (χ1) is 11.2. The number of hydrogen-bond acceptors (Lipinski definition) is 6. The van der Waals surface area contributed by atoms with Crippen molar-refractivity contribution in [2.75, 3.05) is 31.7 Å². The van der Waals surface area contributed by atoms with E-state index >= 15 is 0 Å². The second-order valence-electron chi connectivity index (χ2n) is 6.29. The van der Waals surface area contributed by atoms with Crippen molar-refractivity contribution >= 4 is 6.01 Å². The third kappa shape index (κ3) is 2.45. The monoisotopic (exact) mass is 319 g/mol. The number of benzene rings is 1. The zero-order valence-electron chi connectivity index (χ0n) is 12.8. The Kier molecular flexibility index (Phi) is 3.45. The summed E-state index contributed by atoms with van der Waals surface area (Å²) in [5.41, 5.74) is 0.521. The lowest BCUT2D eigenvalue weighted by molar-refractivity contribution is 0.0579. The fourth-order valence-corrected chi connectivity index (χ4v) is 3.68. The fourth-order valence-electron chi connectivity index (χ4n) is 3.68. The van der Waals surface area contributed by atoms with E-state index in [9.17, 15) is 9.50 Å². The highest BCUT2D eigenvalue weighted by atomic mass is 19.1. The van der Waals surface area contributed by atoms with Crippen LogP contribution in [0.4, 0.5) is 10.4 Å². The Labute approximate surface area is 132 Å². The number of aliphatic hydroxyl groups is 1. The molecule has 1 N–H and O–H groups in total. The van der Waals surface area contributed by atoms with Gasteiger partial charge in [-0.2, -0.15) is 4.98 Å². The Morgan fingerprint density at radius 3 is 3.04 bits per heavy atom. The summed E-state index contributed by atoms with van der Waals surface area (Å²) in [6.07, 6.45) is 1.06. The molecule has 0 amide bonds. The minimum atomic E-state index is -0.407. The molecule has 1 aromatic heterocycles. The molecule has 4 rings (SSSR count). The molecule has 1 saturated heterocycles. The number of rotatable bonds is 4. The van der Waals surface area contributed by atoms with Gasteiger partial charge in [0.05, 0.1) is 7.11 Å². The van der Waals surface area contributed by atoms with Crippen LogP contribution in [0.2, 0.25) is 0 Å². The normalized spacial score (nSPS) is 26.0. The van der Waals surface area contributed by atoms with Crippen molar-refractivity contribution in [1.29, 1.82) is 0 Å². The maximum Gasteiger partial charge on any atom is 0.324 e. The highest BCUT2D eigenvalue weighted by molar-refractivity contribution is 5.58. The lowest BCUT2D eigenvalue weighted by Crippen LogP contribution is -2.37. The van der Waals surface area contributed by atoms with Crippen molar-refractivity contribution in [3.8, 4) is 17.1 Å². The first kappa shape index (κ1) is 14.4. The van der Waals surface area contributed by atoms with Gasteiger partial charge in [-0.25, -0.2) is 4.39 Å². The average Bonchev–Trinajstić information content (AvgIpc) is 3.13. The number of anilines is 1. The molecule has 6 nitrogen and oxygen atoms in total. The smallest absolute Gasteiger partial charge is 0.324 e. The molecule has 2 aliphatic rings. The molecule has 0 radical (unpaired) electrons. The largest absolute Gasteiger partial charge is 0.497 e. The SMILES string of the molecule is COc1cc(F)cc(-c2noc(N3C[C@H]4C[C@H](CO)[C@H]4C3)n2)c1. The summed E-state index contributed by atoms with van der Waals surface area (Å²) in [7, 11) is 1.48. The van der Waals surface area contributed by atoms with E-state index in [0.29, 0.717) is 40.9 Å². The van der Waals surface area contributed by atoms with Gasteiger partial charge in [-0.15, -0.1) is 0 Å². The minimum absolute atomic E-state index is 0.243. The fraction of sp³-hybridized carbons (Fsp3) is 0.500. The van der Waals surface area contributed by atoms with Gasteiger partial charge in [0, 0.05) is 31.3 Å². The molecule has 1 saturated carbocycles. The van der Waals surface area contributed by atoms with Crippen LogP contribution in [0.3, 0.4) is 0 Å². The summed E-state index contributed by atoms with van der Waals surface area (Å²) < 4.78 is 24.0. The van der Waals surface area contributed by atoms with Gasteiger partial charge in [-0.3, -0.25) is 0 Å². The van der Waals surface area contributed by atoms with Crippen LogP contribution in [-0.2, 0) is 0 Å². The maximum atomic E-state index is 13.6. The van der Waals surface area contributed by atoms with Gasteiger partial charge in [0.15, 0.2) is 0 Å². The molecular formula is C16H18FN3O3. The number of halogens is 1. The molecule has 7 heteroatoms. The predicted molar refractivity (Wildman–Crippen MR) is 80.6 cm³/mol. The summed E-state index contributed by atoms with van der Waals surface area (Å²) in [5.74, 6) is 1.84. The van der Waals surface area contributed by atoms with E-state index in [-0.39, 0.29) is 6.61 Å². The number of ether oxygens (including phenoxy) is 1. The van der Waals surface area contributed by atoms with Gasteiger partial charge in [-0.05, 0) is 36.3 Å². The number of fused-ring (bicyclic) bond motifs is 1. The predicted octanol–water partition coefficient (Wildman–Crippen LogP) is 1.95. The van der Waals surface area contributed by atoms with Crippen LogP contribution in [0, 0.1) is 23.6 Å². The zero-order chi connectivity index (χ0) is 16.0. The number of methoxy groups -OCH3 is 1. The van der Waals surface area contributed by atoms with Crippen LogP contribution in [0.15, 0.2) is 22.7 Å². The topological polar surface area (TPSA) is 71.6 Å². The molecule has 1 aromatic carbocycles. The van der Waals surface area contributed by atoms with E-state index in [0.717, 1.165) is 19.5 Å². The Balaban J connectivity index is 1.55. The summed E-state index contributed by atoms with van der Waals surface area (Å²) in [6, 6.07) is 4.78. The Morgan fingerprint density at radius 2 is 2.26 bits per heavy atom. The minimum Gasteiger partial charge on any atom is -0.497 e. The summed E-state index contributed by atoms with van der Waals surface area (Å²) in [5, 5.41) is 13.3. The van der Waals surface area contributed by atoms with E-state index in [4.69, 9.17) is 9.26 Å². The summed E-state index contributed by atoms with van der Waals surface area (Å²) in [4.78, 5) is 6.44. The Hall–Kier alpha value is -2.15. The average molecular weight is 319 g/mol. The van der Waals surface area contributed by atoms with Crippen molar-refractivity contribution in [3.63, 3.8) is 0 Å². The third-order valence-electron chi connectivity index (χ3n) is 4.99. The summed E-state index contributed by atoms with van der Waals surface area (Å²) in [6.45, 7) is 1.94. The number of hydrogen-bond donors (Lipinski definition) is 1. The van der Waals surface area contributed by atoms with Gasteiger partial charge in [0.25, 0.3) is 0 Å². The maximum absolute atomic E-state index is 13.6. The first-order valence-corrected chi connectivity index (χ1v) is 7.72. The van der Waals surface area contributed by atoms with Gasteiger partial charge in [0.1, 0.15) is 11.6 Å². The molecule has 2 aromatic rings. The zero-order valence-corrected chi connectivity index (χ0v) is 12.8. The molecule has 3 atom stereocenters. The molecule has 122 valence electrons. The third-order valence-corrected chi connectivity index (χ3v) is 4.99. The second-order valence-corrected chi connectivity index (χ2v) is 6.29. The van der Waals surface area contributed by atoms with Crippen LogP contribution in [0.1, 0.15) is 6.42 Å². The standard InChI is InChI=1S/C16H18FN3O3/c1-22-13-4-9(3-12(17)5-13)15-18-16(23-19-15)20-6-10-2-11(8-21)14(10)7-20/h3-5,10-11,14,21H,2,6-8H2,1H3/t10-,11-,14+/m1/s1. The molecule has 0 unspecified atom stereocenters. The van der Waals surface area contributed by atoms with Gasteiger partial charge in [-0.1, -0.05) is 5.16 Å². The van der Waals surface area contributed by atoms with Crippen LogP contribution < -0.4 is 9.64 Å². The van der Waals surface area contributed by atoms with Crippen LogP contribution >= 0.6 is 0 Å². The van der Waals surface area contributed by atoms with Crippen molar-refractivity contribution in [2.45, 2.75) is 6.42 Å². The molecule has 1 aliphatic carbocycles. The van der Waals surface area contributed by atoms with Crippen molar-refractivity contribution in [1.82, 2.24) is 10.1 Å². The van der Waals surface area contributed by atoms with E-state index in [2.05, 4.69) is 15.0 Å². The van der Waals surface area contributed by atoms with Crippen LogP contribution in [0.25, 0.3) is 11.4 Å². The van der Waals surface area contributed by atoms with Crippen LogP contribution in [0.5, 0.6) is 5.75 Å². The van der Waals surface area contributed by atoms with Gasteiger partial charge < -0.3 is 19.3 Å². The lowest BCUT2D eigenvalue weighted by Gasteiger charge is -2.37. The van der Waals surface area contributed by atoms with Crippen molar-refractivity contribution in [3.05, 3.63) is 24.0 Å². The Bertz CT molecular complexity index is 720. The number of aromatic nitrogens is 2. The van der Waals surface area contributed by atoms with Crippen LogP contribution in [-0.4, -0.2) is 42.1 Å². The van der Waals surface area contributed by atoms with Crippen molar-refractivity contribution < 1.29 is 18.8 Å². The van der Waals surface area contributed by atoms with Gasteiger partial charge >= 0.3 is 6.01 Å². The quantitative estimate of drug-likeness (QED) is 0.929. The van der Waals surface area contributed by atoms with E-state index < -0.39 is 5.82 Å². The molecule has 0 spiro atoms. The molecule has 1 aliphatic heterocycles. The highest BCUT2D eigenvalue weighted by Crippen LogP contribution is 2.46. The number of nitrogens with zero attached hydrogens (tertiary/aromatic N) is 3.